The van der Waals surface area contributed by atoms with Crippen LogP contribution in [-0.4, -0.2) is 45.9 Å². The topological polar surface area (TPSA) is 49.3 Å². The normalized spacial score (nSPS) is 24.1. The lowest BCUT2D eigenvalue weighted by atomic mass is 9.95. The van der Waals surface area contributed by atoms with Crippen molar-refractivity contribution in [3.63, 3.8) is 0 Å². The van der Waals surface area contributed by atoms with E-state index in [-0.39, 0.29) is 5.91 Å². The molecular weight excluding hydrogens is 336 g/mol. The van der Waals surface area contributed by atoms with Crippen LogP contribution in [0.25, 0.3) is 0 Å². The number of nitrogens with zero attached hydrogens (tertiary/aromatic N) is 4. The van der Waals surface area contributed by atoms with Gasteiger partial charge in [-0.1, -0.05) is 25.1 Å². The van der Waals surface area contributed by atoms with E-state index in [9.17, 15) is 4.79 Å². The summed E-state index contributed by atoms with van der Waals surface area (Å²) >= 11 is 0. The molecule has 2 saturated heterocycles. The van der Waals surface area contributed by atoms with Gasteiger partial charge >= 0.3 is 0 Å². The molecule has 2 atom stereocenters. The Kier molecular flexibility index (Phi) is 4.85. The van der Waals surface area contributed by atoms with Crippen molar-refractivity contribution in [2.24, 2.45) is 0 Å². The molecule has 0 saturated carbocycles. The number of rotatable bonds is 4. The van der Waals surface area contributed by atoms with Crippen molar-refractivity contribution in [2.45, 2.75) is 64.1 Å². The summed E-state index contributed by atoms with van der Waals surface area (Å²) in [6.45, 7) is 4.11. The summed E-state index contributed by atoms with van der Waals surface area (Å²) in [5.74, 6) is 2.05. The Morgan fingerprint density at radius 2 is 1.81 bits per heavy atom. The van der Waals surface area contributed by atoms with E-state index in [2.05, 4.69) is 22.9 Å². The third kappa shape index (κ3) is 3.43. The number of anilines is 1. The Morgan fingerprint density at radius 1 is 1.15 bits per heavy atom. The summed E-state index contributed by atoms with van der Waals surface area (Å²) in [6, 6.07) is 13.0. The molecular formula is C22H28N4O. The van der Waals surface area contributed by atoms with Gasteiger partial charge in [0.2, 0.25) is 0 Å². The Morgan fingerprint density at radius 3 is 2.44 bits per heavy atom. The molecule has 2 aliphatic heterocycles. The van der Waals surface area contributed by atoms with Gasteiger partial charge in [-0.2, -0.15) is 0 Å². The van der Waals surface area contributed by atoms with Crippen molar-refractivity contribution in [1.29, 1.82) is 0 Å². The van der Waals surface area contributed by atoms with Crippen molar-refractivity contribution in [3.8, 4) is 0 Å². The molecule has 1 aromatic heterocycles. The van der Waals surface area contributed by atoms with E-state index in [1.165, 1.54) is 12.8 Å². The average molecular weight is 364 g/mol. The van der Waals surface area contributed by atoms with Crippen LogP contribution in [0.3, 0.4) is 0 Å². The maximum Gasteiger partial charge on any atom is 0.253 e. The zero-order valence-corrected chi connectivity index (χ0v) is 16.4. The number of carbonyl (C=O) groups excluding carboxylic acids is 1. The summed E-state index contributed by atoms with van der Waals surface area (Å²) in [5, 5.41) is 0. The quantitative estimate of drug-likeness (QED) is 0.831. The molecule has 2 aromatic rings. The average Bonchev–Trinajstić information content (AvgIpc) is 2.96. The number of carbonyl (C=O) groups is 1. The summed E-state index contributed by atoms with van der Waals surface area (Å²) in [4.78, 5) is 26.6. The Labute approximate surface area is 161 Å². The smallest absolute Gasteiger partial charge is 0.253 e. The number of amides is 1. The van der Waals surface area contributed by atoms with E-state index in [1.807, 2.05) is 49.2 Å². The molecule has 0 radical (unpaired) electrons. The second kappa shape index (κ2) is 7.29. The standard InChI is InChI=1S/C22H28N4O/c1-4-17-12-21(24-15(2)23-17)26-18-10-11-19(26)14-20(13-18)25(3)22(27)16-8-6-5-7-9-16/h5-9,12,18-20H,4,10-11,13-14H2,1-3H3. The van der Waals surface area contributed by atoms with Crippen molar-refractivity contribution in [3.05, 3.63) is 53.5 Å². The van der Waals surface area contributed by atoms with Crippen LogP contribution in [0, 0.1) is 6.92 Å². The maximum atomic E-state index is 12.8. The third-order valence-corrected chi connectivity index (χ3v) is 6.10. The first-order valence-corrected chi connectivity index (χ1v) is 10.0. The molecule has 2 unspecified atom stereocenters. The fourth-order valence-corrected chi connectivity index (χ4v) is 4.71. The Balaban J connectivity index is 1.52. The predicted octanol–water partition coefficient (Wildman–Crippen LogP) is 3.62. The summed E-state index contributed by atoms with van der Waals surface area (Å²) in [5.41, 5.74) is 1.88. The SMILES string of the molecule is CCc1cc(N2C3CCC2CC(N(C)C(=O)c2ccccc2)C3)nc(C)n1. The van der Waals surface area contributed by atoms with E-state index in [0.29, 0.717) is 18.1 Å². The molecule has 1 amide bonds. The van der Waals surface area contributed by atoms with Gasteiger partial charge in [-0.15, -0.1) is 0 Å². The van der Waals surface area contributed by atoms with Gasteiger partial charge in [-0.3, -0.25) is 4.79 Å². The number of aromatic nitrogens is 2. The first kappa shape index (κ1) is 18.0. The second-order valence-corrected chi connectivity index (χ2v) is 7.82. The molecule has 1 aromatic carbocycles. The highest BCUT2D eigenvalue weighted by Crippen LogP contribution is 2.40. The molecule has 0 aliphatic carbocycles. The minimum atomic E-state index is 0.125. The lowest BCUT2D eigenvalue weighted by Gasteiger charge is -2.43. The first-order chi connectivity index (χ1) is 13.1. The van der Waals surface area contributed by atoms with Gasteiger partial charge in [0.25, 0.3) is 5.91 Å². The molecule has 2 fully saturated rings. The van der Waals surface area contributed by atoms with Crippen LogP contribution in [0.4, 0.5) is 5.82 Å². The Hall–Kier alpha value is -2.43. The zero-order valence-electron chi connectivity index (χ0n) is 16.4. The highest BCUT2D eigenvalue weighted by Gasteiger charge is 2.43. The van der Waals surface area contributed by atoms with E-state index in [4.69, 9.17) is 4.98 Å². The highest BCUT2D eigenvalue weighted by atomic mass is 16.2. The third-order valence-electron chi connectivity index (χ3n) is 6.10. The lowest BCUT2D eigenvalue weighted by molar-refractivity contribution is 0.0693. The van der Waals surface area contributed by atoms with Gasteiger partial charge in [-0.25, -0.2) is 9.97 Å². The number of hydrogen-bond donors (Lipinski definition) is 0. The first-order valence-electron chi connectivity index (χ1n) is 10.0. The van der Waals surface area contributed by atoms with Crippen LogP contribution < -0.4 is 4.90 Å². The van der Waals surface area contributed by atoms with Gasteiger partial charge in [0, 0.05) is 42.5 Å². The molecule has 2 bridgehead atoms. The molecule has 0 spiro atoms. The fraction of sp³-hybridized carbons (Fsp3) is 0.500. The van der Waals surface area contributed by atoms with E-state index >= 15 is 0 Å². The molecule has 3 heterocycles. The molecule has 0 N–H and O–H groups in total. The predicted molar refractivity (Wildman–Crippen MR) is 107 cm³/mol. The monoisotopic (exact) mass is 364 g/mol. The number of aryl methyl sites for hydroxylation is 2. The maximum absolute atomic E-state index is 12.8. The lowest BCUT2D eigenvalue weighted by Crippen LogP contribution is -2.51. The van der Waals surface area contributed by atoms with Crippen LogP contribution in [0.2, 0.25) is 0 Å². The van der Waals surface area contributed by atoms with Crippen LogP contribution in [0.15, 0.2) is 36.4 Å². The largest absolute Gasteiger partial charge is 0.350 e. The number of hydrogen-bond acceptors (Lipinski definition) is 4. The van der Waals surface area contributed by atoms with Gasteiger partial charge in [0.1, 0.15) is 11.6 Å². The fourth-order valence-electron chi connectivity index (χ4n) is 4.71. The molecule has 2 aliphatic rings. The van der Waals surface area contributed by atoms with E-state index < -0.39 is 0 Å². The molecule has 5 nitrogen and oxygen atoms in total. The Bertz CT molecular complexity index is 808. The summed E-state index contributed by atoms with van der Waals surface area (Å²) < 4.78 is 0. The van der Waals surface area contributed by atoms with Gasteiger partial charge in [-0.05, 0) is 51.2 Å². The van der Waals surface area contributed by atoms with Crippen LogP contribution in [-0.2, 0) is 6.42 Å². The number of piperidine rings is 1. The zero-order chi connectivity index (χ0) is 19.0. The number of fused-ring (bicyclic) bond motifs is 2. The summed E-state index contributed by atoms with van der Waals surface area (Å²) in [6.07, 6.45) is 5.31. The van der Waals surface area contributed by atoms with E-state index in [0.717, 1.165) is 42.2 Å². The second-order valence-electron chi connectivity index (χ2n) is 7.82. The van der Waals surface area contributed by atoms with Crippen molar-refractivity contribution in [1.82, 2.24) is 14.9 Å². The van der Waals surface area contributed by atoms with Gasteiger partial charge in [0.15, 0.2) is 0 Å². The van der Waals surface area contributed by atoms with Gasteiger partial charge < -0.3 is 9.80 Å². The van der Waals surface area contributed by atoms with Crippen LogP contribution in [0.5, 0.6) is 0 Å². The van der Waals surface area contributed by atoms with Crippen molar-refractivity contribution >= 4 is 11.7 Å². The van der Waals surface area contributed by atoms with E-state index in [1.54, 1.807) is 0 Å². The molecule has 27 heavy (non-hydrogen) atoms. The van der Waals surface area contributed by atoms with Crippen molar-refractivity contribution < 1.29 is 4.79 Å². The van der Waals surface area contributed by atoms with Crippen LogP contribution in [0.1, 0.15) is 54.5 Å². The minimum Gasteiger partial charge on any atom is -0.350 e. The van der Waals surface area contributed by atoms with Crippen LogP contribution >= 0.6 is 0 Å². The van der Waals surface area contributed by atoms with Gasteiger partial charge in [0.05, 0.1) is 0 Å². The van der Waals surface area contributed by atoms with Crippen molar-refractivity contribution in [2.75, 3.05) is 11.9 Å². The minimum absolute atomic E-state index is 0.125. The molecule has 5 heteroatoms. The highest BCUT2D eigenvalue weighted by molar-refractivity contribution is 5.94. The number of benzene rings is 1. The molecule has 4 rings (SSSR count). The molecule has 142 valence electrons. The summed E-state index contributed by atoms with van der Waals surface area (Å²) in [7, 11) is 1.96.